The lowest BCUT2D eigenvalue weighted by molar-refractivity contribution is -0.115. The number of anilines is 2. The van der Waals surface area contributed by atoms with Crippen LogP contribution < -0.4 is 11.1 Å². The van der Waals surface area contributed by atoms with Gasteiger partial charge in [-0.1, -0.05) is 6.07 Å². The van der Waals surface area contributed by atoms with E-state index in [-0.39, 0.29) is 27.8 Å². The average Bonchev–Trinajstić information content (AvgIpc) is 2.95. The molecule has 5 nitrogen and oxygen atoms in total. The van der Waals surface area contributed by atoms with Crippen LogP contribution in [0.3, 0.4) is 0 Å². The van der Waals surface area contributed by atoms with Crippen LogP contribution in [0.4, 0.5) is 15.8 Å². The summed E-state index contributed by atoms with van der Waals surface area (Å²) < 4.78 is 36.9. The van der Waals surface area contributed by atoms with Gasteiger partial charge in [0.1, 0.15) is 10.0 Å². The summed E-state index contributed by atoms with van der Waals surface area (Å²) in [5, 5.41) is 4.12. The number of nitrogens with two attached hydrogens (primary N) is 1. The molecule has 0 aliphatic carbocycles. The number of hydrogen-bond donors (Lipinski definition) is 2. The van der Waals surface area contributed by atoms with E-state index in [4.69, 9.17) is 5.73 Å². The molecule has 0 spiro atoms. The third-order valence-corrected chi connectivity index (χ3v) is 5.89. The van der Waals surface area contributed by atoms with Crippen LogP contribution in [-0.2, 0) is 14.6 Å². The van der Waals surface area contributed by atoms with Crippen LogP contribution in [-0.4, -0.2) is 20.1 Å². The highest BCUT2D eigenvalue weighted by molar-refractivity contribution is 7.93. The van der Waals surface area contributed by atoms with Crippen molar-refractivity contribution in [3.05, 3.63) is 41.5 Å². The van der Waals surface area contributed by atoms with Gasteiger partial charge in [-0.15, -0.1) is 11.3 Å². The van der Waals surface area contributed by atoms with Crippen molar-refractivity contribution in [1.82, 2.24) is 0 Å². The van der Waals surface area contributed by atoms with Gasteiger partial charge in [-0.05, 0) is 29.6 Å². The largest absolute Gasteiger partial charge is 0.397 e. The maximum absolute atomic E-state index is 12.9. The lowest BCUT2D eigenvalue weighted by Crippen LogP contribution is -2.17. The van der Waals surface area contributed by atoms with Gasteiger partial charge in [0.2, 0.25) is 5.91 Å². The lowest BCUT2D eigenvalue weighted by Gasteiger charge is -2.08. The van der Waals surface area contributed by atoms with Crippen LogP contribution in [0.25, 0.3) is 0 Å². The van der Waals surface area contributed by atoms with Gasteiger partial charge in [0.15, 0.2) is 9.84 Å². The van der Waals surface area contributed by atoms with Crippen molar-refractivity contribution in [2.75, 3.05) is 16.8 Å². The highest BCUT2D eigenvalue weighted by atomic mass is 32.2. The highest BCUT2D eigenvalue weighted by Gasteiger charge is 2.17. The molecule has 2 aromatic rings. The number of nitrogens with one attached hydrogen (secondary N) is 1. The Bertz CT molecular complexity index is 743. The maximum Gasteiger partial charge on any atom is 0.225 e. The first kappa shape index (κ1) is 15.5. The van der Waals surface area contributed by atoms with Gasteiger partial charge in [0.05, 0.1) is 17.1 Å². The minimum atomic E-state index is -3.45. The second kappa shape index (κ2) is 6.23. The molecule has 0 fully saturated rings. The summed E-state index contributed by atoms with van der Waals surface area (Å²) in [5.74, 6) is -1.29. The van der Waals surface area contributed by atoms with Gasteiger partial charge in [-0.3, -0.25) is 4.79 Å². The number of thiophene rings is 1. The topological polar surface area (TPSA) is 89.3 Å². The van der Waals surface area contributed by atoms with Crippen LogP contribution in [0, 0.1) is 5.82 Å². The van der Waals surface area contributed by atoms with Crippen molar-refractivity contribution >= 4 is 38.5 Å². The zero-order valence-electron chi connectivity index (χ0n) is 10.9. The van der Waals surface area contributed by atoms with Crippen molar-refractivity contribution in [2.24, 2.45) is 0 Å². The molecule has 2 rings (SSSR count). The Kier molecular flexibility index (Phi) is 4.59. The second-order valence-corrected chi connectivity index (χ2v) is 7.56. The molecule has 0 aliphatic heterocycles. The summed E-state index contributed by atoms with van der Waals surface area (Å²) in [6.45, 7) is 0. The van der Waals surface area contributed by atoms with Gasteiger partial charge < -0.3 is 11.1 Å². The number of carbonyl (C=O) groups excluding carboxylic acids is 1. The fourth-order valence-corrected chi connectivity index (χ4v) is 4.02. The first-order valence-corrected chi connectivity index (χ1v) is 8.53. The Morgan fingerprint density at radius 1 is 1.33 bits per heavy atom. The van der Waals surface area contributed by atoms with E-state index >= 15 is 0 Å². The predicted octanol–water partition coefficient (Wildman–Crippen LogP) is 2.27. The number of halogens is 1. The third kappa shape index (κ3) is 4.02. The Morgan fingerprint density at radius 3 is 2.71 bits per heavy atom. The van der Waals surface area contributed by atoms with E-state index in [9.17, 15) is 17.6 Å². The minimum absolute atomic E-state index is 0.0875. The van der Waals surface area contributed by atoms with Crippen molar-refractivity contribution in [3.63, 3.8) is 0 Å². The van der Waals surface area contributed by atoms with Crippen molar-refractivity contribution < 1.29 is 17.6 Å². The molecule has 0 saturated heterocycles. The fourth-order valence-electron chi connectivity index (χ4n) is 1.63. The van der Waals surface area contributed by atoms with Crippen molar-refractivity contribution in [2.45, 2.75) is 10.6 Å². The van der Waals surface area contributed by atoms with Gasteiger partial charge in [0, 0.05) is 6.42 Å². The molecule has 1 aromatic heterocycles. The normalized spacial score (nSPS) is 11.3. The first-order valence-electron chi connectivity index (χ1n) is 5.99. The van der Waals surface area contributed by atoms with Gasteiger partial charge in [0.25, 0.3) is 0 Å². The first-order chi connectivity index (χ1) is 9.88. The molecule has 1 amide bonds. The molecule has 1 heterocycles. The maximum atomic E-state index is 12.9. The van der Waals surface area contributed by atoms with E-state index < -0.39 is 21.6 Å². The van der Waals surface area contributed by atoms with E-state index in [1.54, 1.807) is 11.4 Å². The molecule has 0 unspecified atom stereocenters. The molecular weight excluding hydrogens is 315 g/mol. The minimum Gasteiger partial charge on any atom is -0.397 e. The van der Waals surface area contributed by atoms with E-state index in [0.717, 1.165) is 23.5 Å². The fraction of sp³-hybridized carbons (Fsp3) is 0.154. The number of carbonyl (C=O) groups is 1. The second-order valence-electron chi connectivity index (χ2n) is 4.28. The number of amides is 1. The number of nitrogen functional groups attached to an aromatic ring is 1. The van der Waals surface area contributed by atoms with Gasteiger partial charge in [-0.2, -0.15) is 0 Å². The van der Waals surface area contributed by atoms with Crippen molar-refractivity contribution in [3.8, 4) is 0 Å². The van der Waals surface area contributed by atoms with Crippen LogP contribution in [0.2, 0.25) is 0 Å². The molecule has 21 heavy (non-hydrogen) atoms. The molecule has 112 valence electrons. The monoisotopic (exact) mass is 328 g/mol. The smallest absolute Gasteiger partial charge is 0.225 e. The highest BCUT2D eigenvalue weighted by Crippen LogP contribution is 2.20. The van der Waals surface area contributed by atoms with Gasteiger partial charge >= 0.3 is 0 Å². The Balaban J connectivity index is 1.97. The molecular formula is C13H13FN2O3S2. The number of sulfone groups is 1. The molecule has 0 bridgehead atoms. The Hall–Kier alpha value is -1.93. The molecule has 8 heteroatoms. The molecule has 0 atom stereocenters. The SMILES string of the molecule is Nc1cc(F)ccc1NC(=O)CCS(=O)(=O)c1cccs1. The van der Waals surface area contributed by atoms with E-state index in [1.807, 2.05) is 0 Å². The summed E-state index contributed by atoms with van der Waals surface area (Å²) in [6, 6.07) is 6.70. The standard InChI is InChI=1S/C13H13FN2O3S2/c14-9-3-4-11(10(15)8-9)16-12(17)5-7-21(18,19)13-2-1-6-20-13/h1-4,6,8H,5,7,15H2,(H,16,17). The summed E-state index contributed by atoms with van der Waals surface area (Å²) in [6.07, 6.45) is -0.197. The van der Waals surface area contributed by atoms with E-state index in [0.29, 0.717) is 0 Å². The summed E-state index contributed by atoms with van der Waals surface area (Å²) in [7, 11) is -3.45. The lowest BCUT2D eigenvalue weighted by atomic mass is 10.2. The zero-order chi connectivity index (χ0) is 15.5. The van der Waals surface area contributed by atoms with Gasteiger partial charge in [-0.25, -0.2) is 12.8 Å². The summed E-state index contributed by atoms with van der Waals surface area (Å²) in [4.78, 5) is 11.7. The molecule has 0 radical (unpaired) electrons. The van der Waals surface area contributed by atoms with E-state index in [2.05, 4.69) is 5.32 Å². The quantitative estimate of drug-likeness (QED) is 0.824. The molecule has 1 aromatic carbocycles. The number of benzene rings is 1. The predicted molar refractivity (Wildman–Crippen MR) is 80.4 cm³/mol. The number of rotatable bonds is 5. The van der Waals surface area contributed by atoms with Crippen LogP contribution in [0.5, 0.6) is 0 Å². The Labute approximate surface area is 125 Å². The molecule has 0 saturated carbocycles. The van der Waals surface area contributed by atoms with E-state index in [1.165, 1.54) is 12.1 Å². The molecule has 0 aliphatic rings. The summed E-state index contributed by atoms with van der Waals surface area (Å²) in [5.41, 5.74) is 5.90. The zero-order valence-corrected chi connectivity index (χ0v) is 12.5. The van der Waals surface area contributed by atoms with Crippen LogP contribution in [0.1, 0.15) is 6.42 Å². The average molecular weight is 328 g/mol. The van der Waals surface area contributed by atoms with Crippen molar-refractivity contribution in [1.29, 1.82) is 0 Å². The van der Waals surface area contributed by atoms with Crippen LogP contribution >= 0.6 is 11.3 Å². The third-order valence-electron chi connectivity index (χ3n) is 2.69. The van der Waals surface area contributed by atoms with Crippen LogP contribution in [0.15, 0.2) is 39.9 Å². The Morgan fingerprint density at radius 2 is 2.10 bits per heavy atom. The molecule has 3 N–H and O–H groups in total. The number of hydrogen-bond acceptors (Lipinski definition) is 5. The summed E-state index contributed by atoms with van der Waals surface area (Å²) >= 11 is 1.11.